The van der Waals surface area contributed by atoms with Crippen molar-refractivity contribution in [3.05, 3.63) is 11.1 Å². The Labute approximate surface area is 70.7 Å². The Morgan fingerprint density at radius 1 is 0.909 bits per heavy atom. The number of rotatable bonds is 0. The minimum absolute atomic E-state index is 0.742. The summed E-state index contributed by atoms with van der Waals surface area (Å²) in [4.78, 5) is 0. The van der Waals surface area contributed by atoms with E-state index in [-0.39, 0.29) is 0 Å². The second-order valence-electron chi connectivity index (χ2n) is 4.93. The van der Waals surface area contributed by atoms with Gasteiger partial charge in [-0.25, -0.2) is 0 Å². The first-order valence-corrected chi connectivity index (χ1v) is 8.29. The summed E-state index contributed by atoms with van der Waals surface area (Å²) in [5.74, 6) is 0. The maximum atomic E-state index is 2.55. The molecule has 0 aromatic rings. The molecule has 0 N–H and O–H groups in total. The van der Waals surface area contributed by atoms with Gasteiger partial charge in [-0.05, 0) is 37.8 Å². The predicted octanol–water partition coefficient (Wildman–Crippen LogP) is 3.58. The SMILES string of the molecule is C[Si]1(C)CC2=C(CCCC2)C1. The first kappa shape index (κ1) is 7.60. The van der Waals surface area contributed by atoms with Crippen LogP contribution in [0.25, 0.3) is 0 Å². The van der Waals surface area contributed by atoms with Crippen molar-refractivity contribution in [1.29, 1.82) is 0 Å². The zero-order valence-corrected chi connectivity index (χ0v) is 8.74. The normalized spacial score (nSPS) is 28.9. The molecule has 2 aliphatic rings. The lowest BCUT2D eigenvalue weighted by atomic mass is 9.94. The van der Waals surface area contributed by atoms with Crippen LogP contribution in [0.4, 0.5) is 0 Å². The molecule has 2 rings (SSSR count). The lowest BCUT2D eigenvalue weighted by molar-refractivity contribution is 0.679. The molecule has 0 saturated heterocycles. The van der Waals surface area contributed by atoms with Gasteiger partial charge in [0.05, 0.1) is 8.07 Å². The highest BCUT2D eigenvalue weighted by Gasteiger charge is 2.32. The van der Waals surface area contributed by atoms with Crippen LogP contribution < -0.4 is 0 Å². The fourth-order valence-electron chi connectivity index (χ4n) is 2.67. The fraction of sp³-hybridized carbons (Fsp3) is 0.800. The van der Waals surface area contributed by atoms with Crippen molar-refractivity contribution in [2.24, 2.45) is 0 Å². The van der Waals surface area contributed by atoms with Crippen LogP contribution in [0.1, 0.15) is 25.7 Å². The third kappa shape index (κ3) is 1.44. The quantitative estimate of drug-likeness (QED) is 0.381. The highest BCUT2D eigenvalue weighted by Crippen LogP contribution is 2.42. The molecule has 0 atom stereocenters. The molecule has 62 valence electrons. The smallest absolute Gasteiger partial charge is 0.0554 e. The Bertz CT molecular complexity index is 181. The highest BCUT2D eigenvalue weighted by atomic mass is 28.3. The Balaban J connectivity index is 2.16. The molecule has 0 spiro atoms. The van der Waals surface area contributed by atoms with E-state index in [2.05, 4.69) is 13.1 Å². The molecule has 0 aromatic carbocycles. The molecule has 0 amide bonds. The van der Waals surface area contributed by atoms with E-state index in [0.29, 0.717) is 0 Å². The topological polar surface area (TPSA) is 0 Å². The molecule has 0 radical (unpaired) electrons. The maximum absolute atomic E-state index is 2.55. The summed E-state index contributed by atoms with van der Waals surface area (Å²) < 4.78 is 0. The number of allylic oxidation sites excluding steroid dienone is 2. The van der Waals surface area contributed by atoms with Crippen molar-refractivity contribution in [3.8, 4) is 0 Å². The highest BCUT2D eigenvalue weighted by molar-refractivity contribution is 6.79. The average Bonchev–Trinajstić information content (AvgIpc) is 2.21. The van der Waals surface area contributed by atoms with Crippen molar-refractivity contribution < 1.29 is 0 Å². The summed E-state index contributed by atoms with van der Waals surface area (Å²) in [6.07, 6.45) is 5.85. The van der Waals surface area contributed by atoms with E-state index in [1.165, 1.54) is 37.8 Å². The largest absolute Gasteiger partial charge is 0.0739 e. The van der Waals surface area contributed by atoms with Gasteiger partial charge in [-0.2, -0.15) is 0 Å². The van der Waals surface area contributed by atoms with Crippen LogP contribution in [0, 0.1) is 0 Å². The molecule has 0 fully saturated rings. The summed E-state index contributed by atoms with van der Waals surface area (Å²) in [6.45, 7) is 5.09. The second-order valence-corrected chi connectivity index (χ2v) is 9.97. The summed E-state index contributed by atoms with van der Waals surface area (Å²) in [7, 11) is -0.742. The molecule has 0 nitrogen and oxygen atoms in total. The van der Waals surface area contributed by atoms with Crippen molar-refractivity contribution in [1.82, 2.24) is 0 Å². The Morgan fingerprint density at radius 2 is 1.36 bits per heavy atom. The Hall–Kier alpha value is -0.0431. The monoisotopic (exact) mass is 166 g/mol. The van der Waals surface area contributed by atoms with E-state index in [9.17, 15) is 0 Å². The minimum Gasteiger partial charge on any atom is -0.0739 e. The van der Waals surface area contributed by atoms with Crippen LogP contribution in [-0.4, -0.2) is 8.07 Å². The fourth-order valence-corrected chi connectivity index (χ4v) is 5.96. The van der Waals surface area contributed by atoms with Gasteiger partial charge in [0.25, 0.3) is 0 Å². The van der Waals surface area contributed by atoms with E-state index in [1.54, 1.807) is 0 Å². The zero-order chi connectivity index (χ0) is 7.90. The molecule has 1 aliphatic carbocycles. The third-order valence-corrected chi connectivity index (χ3v) is 5.86. The van der Waals surface area contributed by atoms with Crippen molar-refractivity contribution in [2.45, 2.75) is 50.9 Å². The number of hydrogen-bond donors (Lipinski definition) is 0. The molecule has 1 heteroatoms. The Morgan fingerprint density at radius 3 is 1.82 bits per heavy atom. The van der Waals surface area contributed by atoms with Crippen molar-refractivity contribution in [3.63, 3.8) is 0 Å². The van der Waals surface area contributed by atoms with Gasteiger partial charge in [-0.15, -0.1) is 0 Å². The maximum Gasteiger partial charge on any atom is 0.0554 e. The van der Waals surface area contributed by atoms with Gasteiger partial charge >= 0.3 is 0 Å². The van der Waals surface area contributed by atoms with Crippen molar-refractivity contribution >= 4 is 8.07 Å². The van der Waals surface area contributed by atoms with E-state index < -0.39 is 8.07 Å². The van der Waals surface area contributed by atoms with Crippen molar-refractivity contribution in [2.75, 3.05) is 0 Å². The lowest BCUT2D eigenvalue weighted by Gasteiger charge is -2.13. The van der Waals surface area contributed by atoms with Gasteiger partial charge in [-0.1, -0.05) is 24.2 Å². The summed E-state index contributed by atoms with van der Waals surface area (Å²) in [5.41, 5.74) is 3.76. The van der Waals surface area contributed by atoms with Gasteiger partial charge in [0.15, 0.2) is 0 Å². The zero-order valence-electron chi connectivity index (χ0n) is 7.74. The molecule has 1 aliphatic heterocycles. The first-order chi connectivity index (χ1) is 5.17. The van der Waals surface area contributed by atoms with Crippen LogP contribution in [0.5, 0.6) is 0 Å². The summed E-state index contributed by atoms with van der Waals surface area (Å²) >= 11 is 0. The van der Waals surface area contributed by atoms with Gasteiger partial charge in [0.2, 0.25) is 0 Å². The van der Waals surface area contributed by atoms with E-state index in [1.807, 2.05) is 11.1 Å². The molecule has 0 aromatic heterocycles. The van der Waals surface area contributed by atoms with Crippen LogP contribution >= 0.6 is 0 Å². The van der Waals surface area contributed by atoms with Crippen LogP contribution in [0.3, 0.4) is 0 Å². The van der Waals surface area contributed by atoms with Gasteiger partial charge in [0, 0.05) is 0 Å². The van der Waals surface area contributed by atoms with Crippen LogP contribution in [0.2, 0.25) is 25.2 Å². The molecular weight excluding hydrogens is 148 g/mol. The van der Waals surface area contributed by atoms with E-state index in [0.717, 1.165) is 0 Å². The molecule has 11 heavy (non-hydrogen) atoms. The molecule has 0 bridgehead atoms. The van der Waals surface area contributed by atoms with Gasteiger partial charge < -0.3 is 0 Å². The Kier molecular flexibility index (Phi) is 1.71. The minimum atomic E-state index is -0.742. The molecule has 1 heterocycles. The first-order valence-electron chi connectivity index (χ1n) is 4.87. The number of hydrogen-bond acceptors (Lipinski definition) is 0. The van der Waals surface area contributed by atoms with E-state index >= 15 is 0 Å². The second kappa shape index (κ2) is 2.48. The lowest BCUT2D eigenvalue weighted by Crippen LogP contribution is -2.20. The third-order valence-electron chi connectivity index (χ3n) is 3.09. The van der Waals surface area contributed by atoms with Gasteiger partial charge in [-0.3, -0.25) is 0 Å². The van der Waals surface area contributed by atoms with E-state index in [4.69, 9.17) is 0 Å². The molecule has 0 saturated carbocycles. The molecule has 0 unspecified atom stereocenters. The standard InChI is InChI=1S/C10H18Si/c1-11(2)7-9-5-3-4-6-10(9)8-11/h3-8H2,1-2H3. The van der Waals surface area contributed by atoms with Gasteiger partial charge in [0.1, 0.15) is 0 Å². The molecular formula is C10H18Si. The summed E-state index contributed by atoms with van der Waals surface area (Å²) in [5, 5.41) is 0. The predicted molar refractivity (Wildman–Crippen MR) is 52.6 cm³/mol. The van der Waals surface area contributed by atoms with Crippen LogP contribution in [0.15, 0.2) is 11.1 Å². The summed E-state index contributed by atoms with van der Waals surface area (Å²) in [6, 6.07) is 3.06. The van der Waals surface area contributed by atoms with Crippen LogP contribution in [-0.2, 0) is 0 Å². The average molecular weight is 166 g/mol.